The first kappa shape index (κ1) is 16.9. The molecule has 0 aromatic heterocycles. The van der Waals surface area contributed by atoms with Crippen molar-refractivity contribution in [2.45, 2.75) is 25.7 Å². The predicted octanol–water partition coefficient (Wildman–Crippen LogP) is 0.0660. The van der Waals surface area contributed by atoms with E-state index >= 15 is 0 Å². The van der Waals surface area contributed by atoms with Gasteiger partial charge in [-0.1, -0.05) is 0 Å². The molecular weight excluding hydrogens is 262 g/mol. The fourth-order valence-electron chi connectivity index (χ4n) is 1.25. The Hall–Kier alpha value is -1.15. The Balaban J connectivity index is 4.03. The molecule has 0 spiro atoms. The number of carbonyl (C=O) groups excluding carboxylic acids is 1. The maximum Gasteiger partial charge on any atom is 0.305 e. The van der Waals surface area contributed by atoms with Crippen LogP contribution in [-0.4, -0.2) is 56.2 Å². The number of carbonyl (C=O) groups is 2. The number of aliphatic carboxylic acids is 1. The first-order chi connectivity index (χ1) is 8.29. The highest BCUT2D eigenvalue weighted by atomic mass is 32.2. The minimum Gasteiger partial charge on any atom is -0.481 e. The minimum atomic E-state index is -3.43. The van der Waals surface area contributed by atoms with E-state index in [1.807, 2.05) is 0 Å². The number of methoxy groups -OCH3 is 1. The molecule has 0 saturated carbocycles. The van der Waals surface area contributed by atoms with Gasteiger partial charge in [0.2, 0.25) is 10.0 Å². The van der Waals surface area contributed by atoms with Gasteiger partial charge in [-0.05, 0) is 12.8 Å². The summed E-state index contributed by atoms with van der Waals surface area (Å²) in [6.07, 6.45) is 0.445. The van der Waals surface area contributed by atoms with Crippen LogP contribution in [0.1, 0.15) is 25.7 Å². The average molecular weight is 281 g/mol. The second kappa shape index (κ2) is 8.04. The molecule has 7 nitrogen and oxygen atoms in total. The largest absolute Gasteiger partial charge is 0.481 e. The third-order valence-electron chi connectivity index (χ3n) is 2.35. The maximum atomic E-state index is 11.7. The van der Waals surface area contributed by atoms with Crippen molar-refractivity contribution in [3.05, 3.63) is 0 Å². The molecular formula is C10H19NO6S. The molecule has 0 amide bonds. The lowest BCUT2D eigenvalue weighted by Crippen LogP contribution is -2.30. The van der Waals surface area contributed by atoms with Gasteiger partial charge in [0.15, 0.2) is 0 Å². The standard InChI is InChI=1S/C10H19NO6S/c1-11(7-3-5-9(12)13)18(15,16)8-4-6-10(14)17-2/h3-8H2,1-2H3,(H,12,13). The highest BCUT2D eigenvalue weighted by molar-refractivity contribution is 7.89. The Morgan fingerprint density at radius 2 is 1.83 bits per heavy atom. The molecule has 0 atom stereocenters. The van der Waals surface area contributed by atoms with Crippen LogP contribution < -0.4 is 0 Å². The van der Waals surface area contributed by atoms with Crippen LogP contribution in [0.25, 0.3) is 0 Å². The van der Waals surface area contributed by atoms with Gasteiger partial charge >= 0.3 is 11.9 Å². The monoisotopic (exact) mass is 281 g/mol. The van der Waals surface area contributed by atoms with Gasteiger partial charge in [0, 0.05) is 26.4 Å². The molecule has 0 aromatic rings. The van der Waals surface area contributed by atoms with Gasteiger partial charge in [-0.3, -0.25) is 9.59 Å². The van der Waals surface area contributed by atoms with Crippen molar-refractivity contribution in [3.8, 4) is 0 Å². The average Bonchev–Trinajstić information content (AvgIpc) is 2.27. The van der Waals surface area contributed by atoms with E-state index in [0.717, 1.165) is 4.31 Å². The highest BCUT2D eigenvalue weighted by Crippen LogP contribution is 2.05. The van der Waals surface area contributed by atoms with Crippen molar-refractivity contribution < 1.29 is 27.9 Å². The summed E-state index contributed by atoms with van der Waals surface area (Å²) in [5, 5.41) is 8.44. The molecule has 1 N–H and O–H groups in total. The summed E-state index contributed by atoms with van der Waals surface area (Å²) < 4.78 is 28.9. The number of nitrogens with zero attached hydrogens (tertiary/aromatic N) is 1. The summed E-state index contributed by atoms with van der Waals surface area (Å²) >= 11 is 0. The van der Waals surface area contributed by atoms with E-state index < -0.39 is 22.0 Å². The van der Waals surface area contributed by atoms with Crippen LogP contribution in [0, 0.1) is 0 Å². The fraction of sp³-hybridized carbons (Fsp3) is 0.800. The summed E-state index contributed by atoms with van der Waals surface area (Å²) in [6.45, 7) is 0.160. The summed E-state index contributed by atoms with van der Waals surface area (Å²) in [5.41, 5.74) is 0. The Labute approximate surface area is 107 Å². The van der Waals surface area contributed by atoms with Crippen LogP contribution >= 0.6 is 0 Å². The second-order valence-electron chi connectivity index (χ2n) is 3.81. The summed E-state index contributed by atoms with van der Waals surface area (Å²) in [5.74, 6) is -1.55. The van der Waals surface area contributed by atoms with E-state index in [-0.39, 0.29) is 38.0 Å². The molecule has 0 aromatic carbocycles. The van der Waals surface area contributed by atoms with E-state index in [1.165, 1.54) is 14.2 Å². The van der Waals surface area contributed by atoms with Crippen molar-refractivity contribution in [3.63, 3.8) is 0 Å². The zero-order valence-corrected chi connectivity index (χ0v) is 11.4. The zero-order chi connectivity index (χ0) is 14.2. The molecule has 0 rings (SSSR count). The van der Waals surface area contributed by atoms with Gasteiger partial charge in [-0.15, -0.1) is 0 Å². The van der Waals surface area contributed by atoms with Gasteiger partial charge in [-0.25, -0.2) is 12.7 Å². The van der Waals surface area contributed by atoms with Crippen LogP contribution in [0.3, 0.4) is 0 Å². The van der Waals surface area contributed by atoms with Crippen molar-refractivity contribution in [2.24, 2.45) is 0 Å². The molecule has 8 heteroatoms. The first-order valence-electron chi connectivity index (χ1n) is 5.52. The highest BCUT2D eigenvalue weighted by Gasteiger charge is 2.18. The number of hydrogen-bond acceptors (Lipinski definition) is 5. The third kappa shape index (κ3) is 7.23. The summed E-state index contributed by atoms with van der Waals surface area (Å²) in [6, 6.07) is 0. The summed E-state index contributed by atoms with van der Waals surface area (Å²) in [7, 11) is -0.786. The van der Waals surface area contributed by atoms with Gasteiger partial charge in [0.05, 0.1) is 12.9 Å². The van der Waals surface area contributed by atoms with E-state index in [4.69, 9.17) is 5.11 Å². The van der Waals surface area contributed by atoms with E-state index in [0.29, 0.717) is 0 Å². The number of rotatable bonds is 9. The SMILES string of the molecule is COC(=O)CCCS(=O)(=O)N(C)CCCC(=O)O. The third-order valence-corrected chi connectivity index (χ3v) is 4.29. The van der Waals surface area contributed by atoms with Gasteiger partial charge < -0.3 is 9.84 Å². The maximum absolute atomic E-state index is 11.7. The number of hydrogen-bond donors (Lipinski definition) is 1. The number of carboxylic acids is 1. The molecule has 0 radical (unpaired) electrons. The second-order valence-corrected chi connectivity index (χ2v) is 6.01. The van der Waals surface area contributed by atoms with Gasteiger partial charge in [0.25, 0.3) is 0 Å². The fourth-order valence-corrected chi connectivity index (χ4v) is 2.48. The van der Waals surface area contributed by atoms with Crippen LogP contribution in [-0.2, 0) is 24.3 Å². The van der Waals surface area contributed by atoms with Crippen molar-refractivity contribution in [1.29, 1.82) is 0 Å². The number of ether oxygens (including phenoxy) is 1. The smallest absolute Gasteiger partial charge is 0.305 e. The first-order valence-corrected chi connectivity index (χ1v) is 7.13. The normalized spacial score (nSPS) is 11.5. The molecule has 106 valence electrons. The van der Waals surface area contributed by atoms with E-state index in [2.05, 4.69) is 4.74 Å². The minimum absolute atomic E-state index is 0.0543. The Kier molecular flexibility index (Phi) is 7.53. The summed E-state index contributed by atoms with van der Waals surface area (Å²) in [4.78, 5) is 21.1. The molecule has 0 bridgehead atoms. The van der Waals surface area contributed by atoms with Gasteiger partial charge in [-0.2, -0.15) is 0 Å². The molecule has 0 saturated heterocycles. The Bertz CT molecular complexity index is 378. The van der Waals surface area contributed by atoms with E-state index in [1.54, 1.807) is 0 Å². The Morgan fingerprint density at radius 1 is 1.22 bits per heavy atom. The number of esters is 1. The van der Waals surface area contributed by atoms with Crippen LogP contribution in [0.2, 0.25) is 0 Å². The van der Waals surface area contributed by atoms with Crippen molar-refractivity contribution >= 4 is 22.0 Å². The lowest BCUT2D eigenvalue weighted by atomic mass is 10.3. The van der Waals surface area contributed by atoms with Crippen LogP contribution in [0.5, 0.6) is 0 Å². The molecule has 18 heavy (non-hydrogen) atoms. The molecule has 0 fully saturated rings. The molecule has 0 unspecified atom stereocenters. The topological polar surface area (TPSA) is 101 Å². The van der Waals surface area contributed by atoms with Gasteiger partial charge in [0.1, 0.15) is 0 Å². The quantitative estimate of drug-likeness (QED) is 0.600. The Morgan fingerprint density at radius 3 is 2.33 bits per heavy atom. The van der Waals surface area contributed by atoms with Crippen molar-refractivity contribution in [2.75, 3.05) is 26.5 Å². The van der Waals surface area contributed by atoms with Crippen LogP contribution in [0.4, 0.5) is 0 Å². The van der Waals surface area contributed by atoms with Crippen molar-refractivity contribution in [1.82, 2.24) is 4.31 Å². The lowest BCUT2D eigenvalue weighted by Gasteiger charge is -2.16. The predicted molar refractivity (Wildman–Crippen MR) is 64.5 cm³/mol. The number of sulfonamides is 1. The zero-order valence-electron chi connectivity index (χ0n) is 10.6. The van der Waals surface area contributed by atoms with E-state index in [9.17, 15) is 18.0 Å². The molecule has 0 heterocycles. The number of carboxylic acid groups (broad SMARTS) is 1. The van der Waals surface area contributed by atoms with Crippen LogP contribution in [0.15, 0.2) is 0 Å². The molecule has 0 aliphatic heterocycles. The molecule has 0 aliphatic carbocycles. The lowest BCUT2D eigenvalue weighted by molar-refractivity contribution is -0.140. The molecule has 0 aliphatic rings.